The SMILES string of the molecule is O=C(Nc1ccccc1Cl)[C@@H]1CCCN(c2ncnc3c2nc2n3CCCCC2)C1. The molecule has 8 heteroatoms. The van der Waals surface area contributed by atoms with E-state index in [4.69, 9.17) is 16.6 Å². The molecule has 0 spiro atoms. The van der Waals surface area contributed by atoms with Crippen LogP contribution in [0.5, 0.6) is 0 Å². The van der Waals surface area contributed by atoms with E-state index < -0.39 is 0 Å². The molecule has 1 atom stereocenters. The number of aryl methyl sites for hydroxylation is 2. The van der Waals surface area contributed by atoms with E-state index in [0.29, 0.717) is 17.3 Å². The molecule has 0 saturated carbocycles. The normalized spacial score (nSPS) is 19.4. The zero-order valence-electron chi connectivity index (χ0n) is 16.9. The summed E-state index contributed by atoms with van der Waals surface area (Å²) >= 11 is 6.21. The number of benzene rings is 1. The zero-order valence-corrected chi connectivity index (χ0v) is 17.6. The van der Waals surface area contributed by atoms with Crippen molar-refractivity contribution >= 4 is 40.2 Å². The minimum Gasteiger partial charge on any atom is -0.354 e. The predicted molar refractivity (Wildman–Crippen MR) is 118 cm³/mol. The Morgan fingerprint density at radius 1 is 1.10 bits per heavy atom. The van der Waals surface area contributed by atoms with E-state index in [1.165, 1.54) is 12.8 Å². The van der Waals surface area contributed by atoms with Crippen molar-refractivity contribution in [3.8, 4) is 0 Å². The highest BCUT2D eigenvalue weighted by Crippen LogP contribution is 2.30. The highest BCUT2D eigenvalue weighted by Gasteiger charge is 2.29. The first-order valence-electron chi connectivity index (χ1n) is 10.7. The molecule has 1 aromatic carbocycles. The van der Waals surface area contributed by atoms with Crippen LogP contribution in [0.15, 0.2) is 30.6 Å². The molecule has 2 aliphatic heterocycles. The largest absolute Gasteiger partial charge is 0.354 e. The number of para-hydroxylation sites is 1. The van der Waals surface area contributed by atoms with Gasteiger partial charge >= 0.3 is 0 Å². The van der Waals surface area contributed by atoms with Gasteiger partial charge in [0.15, 0.2) is 17.0 Å². The number of halogens is 1. The van der Waals surface area contributed by atoms with Crippen LogP contribution in [0, 0.1) is 5.92 Å². The highest BCUT2D eigenvalue weighted by molar-refractivity contribution is 6.33. The minimum atomic E-state index is -0.125. The first-order chi connectivity index (χ1) is 14.7. The summed E-state index contributed by atoms with van der Waals surface area (Å²) in [6, 6.07) is 7.33. The van der Waals surface area contributed by atoms with Gasteiger partial charge in [-0.15, -0.1) is 0 Å². The number of carbonyl (C=O) groups is 1. The standard InChI is InChI=1S/C22H25ClN6O/c23-16-8-3-4-9-17(16)26-22(30)15-7-6-11-28(13-15)20-19-21(25-14-24-20)29-12-5-1-2-10-18(29)27-19/h3-4,8-9,14-15H,1-2,5-7,10-13H2,(H,26,30)/t15-/m1/s1. The summed E-state index contributed by atoms with van der Waals surface area (Å²) < 4.78 is 2.25. The number of carbonyl (C=O) groups excluding carboxylic acids is 1. The van der Waals surface area contributed by atoms with Gasteiger partial charge in [-0.1, -0.05) is 30.2 Å². The fourth-order valence-electron chi connectivity index (χ4n) is 4.54. The van der Waals surface area contributed by atoms with Gasteiger partial charge in [0.05, 0.1) is 16.6 Å². The quantitative estimate of drug-likeness (QED) is 0.686. The lowest BCUT2D eigenvalue weighted by Crippen LogP contribution is -2.41. The van der Waals surface area contributed by atoms with Crippen LogP contribution in [0.1, 0.15) is 37.9 Å². The summed E-state index contributed by atoms with van der Waals surface area (Å²) in [7, 11) is 0. The van der Waals surface area contributed by atoms with Crippen LogP contribution in [0.2, 0.25) is 5.02 Å². The van der Waals surface area contributed by atoms with Crippen LogP contribution in [0.4, 0.5) is 11.5 Å². The van der Waals surface area contributed by atoms with E-state index in [1.54, 1.807) is 12.4 Å². The Kier molecular flexibility index (Phi) is 5.29. The zero-order chi connectivity index (χ0) is 20.5. The van der Waals surface area contributed by atoms with Crippen molar-refractivity contribution in [2.24, 2.45) is 5.92 Å². The molecule has 0 bridgehead atoms. The van der Waals surface area contributed by atoms with Gasteiger partial charge in [-0.2, -0.15) is 0 Å². The maximum atomic E-state index is 12.9. The molecular formula is C22H25ClN6O. The maximum absolute atomic E-state index is 12.9. The van der Waals surface area contributed by atoms with Gasteiger partial charge < -0.3 is 14.8 Å². The molecule has 1 amide bonds. The van der Waals surface area contributed by atoms with Gasteiger partial charge in [-0.3, -0.25) is 4.79 Å². The number of imidazole rings is 1. The third kappa shape index (κ3) is 3.62. The second kappa shape index (κ2) is 8.22. The first-order valence-corrected chi connectivity index (χ1v) is 11.1. The number of hydrogen-bond donors (Lipinski definition) is 1. The molecule has 7 nitrogen and oxygen atoms in total. The number of amides is 1. The Morgan fingerprint density at radius 2 is 2.00 bits per heavy atom. The van der Waals surface area contributed by atoms with Crippen molar-refractivity contribution < 1.29 is 4.79 Å². The van der Waals surface area contributed by atoms with Crippen LogP contribution in [0.25, 0.3) is 11.2 Å². The summed E-state index contributed by atoms with van der Waals surface area (Å²) in [4.78, 5) is 29.1. The second-order valence-electron chi connectivity index (χ2n) is 8.11. The number of piperidine rings is 1. The van der Waals surface area contributed by atoms with E-state index in [9.17, 15) is 4.79 Å². The van der Waals surface area contributed by atoms with Gasteiger partial charge in [0.2, 0.25) is 5.91 Å². The molecular weight excluding hydrogens is 400 g/mol. The molecule has 5 rings (SSSR count). The smallest absolute Gasteiger partial charge is 0.229 e. The average molecular weight is 425 g/mol. The number of hydrogen-bond acceptors (Lipinski definition) is 5. The lowest BCUT2D eigenvalue weighted by atomic mass is 9.97. The summed E-state index contributed by atoms with van der Waals surface area (Å²) in [5.41, 5.74) is 2.43. The lowest BCUT2D eigenvalue weighted by molar-refractivity contribution is -0.120. The van der Waals surface area contributed by atoms with Crippen LogP contribution in [0.3, 0.4) is 0 Å². The molecule has 2 aromatic heterocycles. The number of nitrogens with zero attached hydrogens (tertiary/aromatic N) is 5. The van der Waals surface area contributed by atoms with E-state index in [1.807, 2.05) is 18.2 Å². The van der Waals surface area contributed by atoms with Crippen LogP contribution in [-0.2, 0) is 17.8 Å². The van der Waals surface area contributed by atoms with E-state index in [0.717, 1.165) is 61.6 Å². The topological polar surface area (TPSA) is 75.9 Å². The number of anilines is 2. The molecule has 0 unspecified atom stereocenters. The summed E-state index contributed by atoms with van der Waals surface area (Å²) in [5, 5.41) is 3.54. The molecule has 3 aromatic rings. The third-order valence-corrected chi connectivity index (χ3v) is 6.43. The monoisotopic (exact) mass is 424 g/mol. The molecule has 1 saturated heterocycles. The number of rotatable bonds is 3. The Morgan fingerprint density at radius 3 is 2.90 bits per heavy atom. The summed E-state index contributed by atoms with van der Waals surface area (Å²) in [5.74, 6) is 1.82. The van der Waals surface area contributed by atoms with Crippen molar-refractivity contribution in [1.29, 1.82) is 0 Å². The molecule has 1 fully saturated rings. The van der Waals surface area contributed by atoms with Gasteiger partial charge in [-0.05, 0) is 37.8 Å². The first kappa shape index (κ1) is 19.3. The Hall–Kier alpha value is -2.67. The van der Waals surface area contributed by atoms with Crippen molar-refractivity contribution in [1.82, 2.24) is 19.5 Å². The van der Waals surface area contributed by atoms with Crippen molar-refractivity contribution in [2.45, 2.75) is 45.1 Å². The average Bonchev–Trinajstić information content (AvgIpc) is 2.96. The predicted octanol–water partition coefficient (Wildman–Crippen LogP) is 4.06. The van der Waals surface area contributed by atoms with Gasteiger partial charge in [0.1, 0.15) is 12.2 Å². The molecule has 156 valence electrons. The summed E-state index contributed by atoms with van der Waals surface area (Å²) in [6.45, 7) is 2.44. The van der Waals surface area contributed by atoms with Crippen molar-refractivity contribution in [3.05, 3.63) is 41.4 Å². The fraction of sp³-hybridized carbons (Fsp3) is 0.455. The molecule has 1 N–H and O–H groups in total. The van der Waals surface area contributed by atoms with Gasteiger partial charge in [-0.25, -0.2) is 15.0 Å². The van der Waals surface area contributed by atoms with Gasteiger partial charge in [0.25, 0.3) is 0 Å². The molecule has 2 aliphatic rings. The highest BCUT2D eigenvalue weighted by atomic mass is 35.5. The van der Waals surface area contributed by atoms with Crippen molar-refractivity contribution in [3.63, 3.8) is 0 Å². The van der Waals surface area contributed by atoms with Gasteiger partial charge in [0, 0.05) is 26.1 Å². The van der Waals surface area contributed by atoms with E-state index >= 15 is 0 Å². The van der Waals surface area contributed by atoms with E-state index in [2.05, 4.69) is 24.8 Å². The van der Waals surface area contributed by atoms with Crippen molar-refractivity contribution in [2.75, 3.05) is 23.3 Å². The number of nitrogens with one attached hydrogen (secondary N) is 1. The van der Waals surface area contributed by atoms with E-state index in [-0.39, 0.29) is 11.8 Å². The van der Waals surface area contributed by atoms with Crippen LogP contribution in [-0.4, -0.2) is 38.5 Å². The second-order valence-corrected chi connectivity index (χ2v) is 8.52. The summed E-state index contributed by atoms with van der Waals surface area (Å²) in [6.07, 6.45) is 7.95. The minimum absolute atomic E-state index is 0.00118. The van der Waals surface area contributed by atoms with Crippen LogP contribution >= 0.6 is 11.6 Å². The number of fused-ring (bicyclic) bond motifs is 3. The molecule has 30 heavy (non-hydrogen) atoms. The fourth-order valence-corrected chi connectivity index (χ4v) is 4.72. The third-order valence-electron chi connectivity index (χ3n) is 6.10. The lowest BCUT2D eigenvalue weighted by Gasteiger charge is -2.32. The molecule has 0 aliphatic carbocycles. The molecule has 4 heterocycles. The Bertz CT molecular complexity index is 1080. The van der Waals surface area contributed by atoms with Crippen LogP contribution < -0.4 is 10.2 Å². The maximum Gasteiger partial charge on any atom is 0.229 e. The Labute approximate surface area is 180 Å². The Balaban J connectivity index is 1.39. The number of aromatic nitrogens is 4. The molecule has 0 radical (unpaired) electrons.